The Morgan fingerprint density at radius 3 is 3.00 bits per heavy atom. The Hall–Kier alpha value is -0.780. The van der Waals surface area contributed by atoms with Crippen LogP contribution < -0.4 is 5.73 Å². The molecule has 2 aromatic rings. The van der Waals surface area contributed by atoms with E-state index in [-0.39, 0.29) is 0 Å². The van der Waals surface area contributed by atoms with E-state index in [9.17, 15) is 0 Å². The van der Waals surface area contributed by atoms with Crippen LogP contribution in [0.2, 0.25) is 0 Å². The molecule has 0 aliphatic heterocycles. The number of thiophene rings is 1. The second kappa shape index (κ2) is 4.84. The fraction of sp³-hybridized carbons (Fsp3) is 0.500. The van der Waals surface area contributed by atoms with Gasteiger partial charge in [0, 0.05) is 11.3 Å². The van der Waals surface area contributed by atoms with E-state index in [0.717, 1.165) is 29.4 Å². The summed E-state index contributed by atoms with van der Waals surface area (Å²) in [6.07, 6.45) is 5.76. The van der Waals surface area contributed by atoms with Crippen LogP contribution in [-0.4, -0.2) is 16.7 Å². The first kappa shape index (κ1) is 11.3. The Labute approximate surface area is 109 Å². The average molecular weight is 265 g/mol. The Kier molecular flexibility index (Phi) is 3.22. The van der Waals surface area contributed by atoms with Gasteiger partial charge in [0.15, 0.2) is 5.01 Å². The van der Waals surface area contributed by atoms with Crippen LogP contribution >= 0.6 is 22.7 Å². The zero-order valence-electron chi connectivity index (χ0n) is 9.61. The minimum absolute atomic E-state index is 0.724. The van der Waals surface area contributed by atoms with Crippen LogP contribution in [-0.2, 0) is 19.3 Å². The van der Waals surface area contributed by atoms with Gasteiger partial charge in [-0.05, 0) is 43.9 Å². The van der Waals surface area contributed by atoms with Crippen molar-refractivity contribution < 1.29 is 0 Å². The Morgan fingerprint density at radius 2 is 2.18 bits per heavy atom. The molecule has 1 aliphatic rings. The molecule has 3 nitrogen and oxygen atoms in total. The lowest BCUT2D eigenvalue weighted by Crippen LogP contribution is -1.99. The fourth-order valence-electron chi connectivity index (χ4n) is 2.14. The monoisotopic (exact) mass is 265 g/mol. The lowest BCUT2D eigenvalue weighted by molar-refractivity contribution is 0.812. The van der Waals surface area contributed by atoms with Gasteiger partial charge >= 0.3 is 0 Å². The molecule has 0 amide bonds. The second-order valence-corrected chi connectivity index (χ2v) is 6.50. The van der Waals surface area contributed by atoms with Gasteiger partial charge in [-0.2, -0.15) is 0 Å². The Bertz CT molecular complexity index is 494. The van der Waals surface area contributed by atoms with Crippen molar-refractivity contribution in [2.45, 2.75) is 32.1 Å². The lowest BCUT2D eigenvalue weighted by atomic mass is 10.2. The van der Waals surface area contributed by atoms with Crippen LogP contribution in [0.1, 0.15) is 28.3 Å². The topological polar surface area (TPSA) is 51.8 Å². The molecule has 0 unspecified atom stereocenters. The third-order valence-electron chi connectivity index (χ3n) is 3.02. The van der Waals surface area contributed by atoms with E-state index in [2.05, 4.69) is 16.3 Å². The molecule has 2 heterocycles. The van der Waals surface area contributed by atoms with Gasteiger partial charge in [-0.25, -0.2) is 0 Å². The summed E-state index contributed by atoms with van der Waals surface area (Å²) in [6, 6.07) is 2.31. The molecule has 1 aliphatic carbocycles. The van der Waals surface area contributed by atoms with Crippen LogP contribution in [0, 0.1) is 0 Å². The highest BCUT2D eigenvalue weighted by molar-refractivity contribution is 7.21. The number of hydrogen-bond acceptors (Lipinski definition) is 5. The maximum Gasteiger partial charge on any atom is 0.157 e. The first-order valence-corrected chi connectivity index (χ1v) is 7.64. The SMILES string of the molecule is NCCCc1nnc(-c2cc3c(s2)CCC3)s1. The molecule has 0 saturated heterocycles. The molecule has 17 heavy (non-hydrogen) atoms. The van der Waals surface area contributed by atoms with Crippen molar-refractivity contribution in [2.75, 3.05) is 6.54 Å². The number of nitrogens with two attached hydrogens (primary N) is 1. The molecule has 90 valence electrons. The molecule has 0 atom stereocenters. The van der Waals surface area contributed by atoms with E-state index in [4.69, 9.17) is 5.73 Å². The summed E-state index contributed by atoms with van der Waals surface area (Å²) in [7, 11) is 0. The summed E-state index contributed by atoms with van der Waals surface area (Å²) in [5.74, 6) is 0. The molecule has 0 bridgehead atoms. The van der Waals surface area contributed by atoms with Crippen LogP contribution in [0.3, 0.4) is 0 Å². The number of nitrogens with zero attached hydrogens (tertiary/aromatic N) is 2. The molecule has 3 rings (SSSR count). The third-order valence-corrected chi connectivity index (χ3v) is 5.41. The van der Waals surface area contributed by atoms with Crippen LogP contribution in [0.25, 0.3) is 9.88 Å². The summed E-state index contributed by atoms with van der Waals surface area (Å²) in [6.45, 7) is 0.724. The first-order valence-electron chi connectivity index (χ1n) is 6.01. The minimum atomic E-state index is 0.724. The maximum atomic E-state index is 5.50. The fourth-order valence-corrected chi connectivity index (χ4v) is 4.32. The Morgan fingerprint density at radius 1 is 1.24 bits per heavy atom. The van der Waals surface area contributed by atoms with E-state index in [1.54, 1.807) is 16.2 Å². The van der Waals surface area contributed by atoms with Crippen LogP contribution in [0.5, 0.6) is 0 Å². The van der Waals surface area contributed by atoms with Gasteiger partial charge in [0.2, 0.25) is 0 Å². The van der Waals surface area contributed by atoms with Gasteiger partial charge in [-0.1, -0.05) is 11.3 Å². The standard InChI is InChI=1S/C12H15N3S2/c13-6-2-5-11-14-15-12(17-11)10-7-8-3-1-4-9(8)16-10/h7H,1-6,13H2. The highest BCUT2D eigenvalue weighted by atomic mass is 32.1. The summed E-state index contributed by atoms with van der Waals surface area (Å²) in [5.41, 5.74) is 7.03. The summed E-state index contributed by atoms with van der Waals surface area (Å²) >= 11 is 3.61. The molecule has 0 radical (unpaired) electrons. The average Bonchev–Trinajstić information content (AvgIpc) is 3.00. The molecule has 0 spiro atoms. The molecule has 0 aromatic carbocycles. The zero-order chi connectivity index (χ0) is 11.7. The minimum Gasteiger partial charge on any atom is -0.330 e. The predicted molar refractivity (Wildman–Crippen MR) is 72.6 cm³/mol. The molecular formula is C12H15N3S2. The smallest absolute Gasteiger partial charge is 0.157 e. The second-order valence-electron chi connectivity index (χ2n) is 4.31. The van der Waals surface area contributed by atoms with Crippen LogP contribution in [0.15, 0.2) is 6.07 Å². The van der Waals surface area contributed by atoms with Gasteiger partial charge in [0.05, 0.1) is 4.88 Å². The number of rotatable bonds is 4. The largest absolute Gasteiger partial charge is 0.330 e. The maximum absolute atomic E-state index is 5.50. The predicted octanol–water partition coefficient (Wildman–Crippen LogP) is 2.65. The van der Waals surface area contributed by atoms with Crippen molar-refractivity contribution in [2.24, 2.45) is 5.73 Å². The van der Waals surface area contributed by atoms with Crippen molar-refractivity contribution in [1.29, 1.82) is 0 Å². The highest BCUT2D eigenvalue weighted by Gasteiger charge is 2.17. The Balaban J connectivity index is 1.80. The van der Waals surface area contributed by atoms with Crippen molar-refractivity contribution in [3.05, 3.63) is 21.5 Å². The zero-order valence-corrected chi connectivity index (χ0v) is 11.2. The van der Waals surface area contributed by atoms with Crippen molar-refractivity contribution in [3.63, 3.8) is 0 Å². The molecule has 2 aromatic heterocycles. The number of aryl methyl sites for hydroxylation is 3. The van der Waals surface area contributed by atoms with Gasteiger partial charge in [-0.3, -0.25) is 0 Å². The van der Waals surface area contributed by atoms with Crippen molar-refractivity contribution in [1.82, 2.24) is 10.2 Å². The molecule has 5 heteroatoms. The van der Waals surface area contributed by atoms with E-state index >= 15 is 0 Å². The molecule has 2 N–H and O–H groups in total. The molecule has 0 saturated carbocycles. The number of hydrogen-bond donors (Lipinski definition) is 1. The van der Waals surface area contributed by atoms with Crippen molar-refractivity contribution in [3.8, 4) is 9.88 Å². The van der Waals surface area contributed by atoms with E-state index in [1.807, 2.05) is 11.3 Å². The normalized spacial score (nSPS) is 14.2. The van der Waals surface area contributed by atoms with Crippen LogP contribution in [0.4, 0.5) is 0 Å². The van der Waals surface area contributed by atoms with E-state index in [1.165, 1.54) is 29.7 Å². The third kappa shape index (κ3) is 2.27. The molecular weight excluding hydrogens is 250 g/mol. The van der Waals surface area contributed by atoms with Crippen molar-refractivity contribution >= 4 is 22.7 Å². The summed E-state index contributed by atoms with van der Waals surface area (Å²) in [4.78, 5) is 2.85. The van der Waals surface area contributed by atoms with Gasteiger partial charge in [-0.15, -0.1) is 21.5 Å². The quantitative estimate of drug-likeness (QED) is 0.924. The molecule has 0 fully saturated rings. The van der Waals surface area contributed by atoms with E-state index in [0.29, 0.717) is 0 Å². The first-order chi connectivity index (χ1) is 8.36. The highest BCUT2D eigenvalue weighted by Crippen LogP contribution is 2.37. The van der Waals surface area contributed by atoms with Gasteiger partial charge in [0.1, 0.15) is 5.01 Å². The van der Waals surface area contributed by atoms with Gasteiger partial charge in [0.25, 0.3) is 0 Å². The van der Waals surface area contributed by atoms with E-state index < -0.39 is 0 Å². The van der Waals surface area contributed by atoms with Gasteiger partial charge < -0.3 is 5.73 Å². The number of fused-ring (bicyclic) bond motifs is 1. The summed E-state index contributed by atoms with van der Waals surface area (Å²) < 4.78 is 0. The summed E-state index contributed by atoms with van der Waals surface area (Å²) in [5, 5.41) is 10.7. The lowest BCUT2D eigenvalue weighted by Gasteiger charge is -1.90. The number of aromatic nitrogens is 2.